The number of nitrogen functional groups attached to an aromatic ring is 2. The number of ether oxygens (including phenoxy) is 1. The first-order chi connectivity index (χ1) is 20.7. The Hall–Kier alpha value is -4.48. The maximum atomic E-state index is 13.5. The van der Waals surface area contributed by atoms with E-state index in [1.165, 1.54) is 17.7 Å². The fraction of sp³-hybridized carbons (Fsp3) is 0.281. The number of nitrogens with zero attached hydrogens (tertiary/aromatic N) is 4. The Morgan fingerprint density at radius 1 is 1.05 bits per heavy atom. The number of hydrogen-bond donors (Lipinski definition) is 3. The minimum atomic E-state index is -4.76. The lowest BCUT2D eigenvalue weighted by molar-refractivity contribution is -0.144. The number of aromatic nitrogens is 3. The Bertz CT molecular complexity index is 1580. The smallest absolute Gasteiger partial charge is 0.397 e. The summed E-state index contributed by atoms with van der Waals surface area (Å²) in [5.41, 5.74) is 18.7. The van der Waals surface area contributed by atoms with Crippen LogP contribution in [0.1, 0.15) is 42.5 Å². The van der Waals surface area contributed by atoms with Gasteiger partial charge in [0.15, 0.2) is 0 Å². The van der Waals surface area contributed by atoms with Gasteiger partial charge in [-0.05, 0) is 49.1 Å². The van der Waals surface area contributed by atoms with E-state index in [-0.39, 0.29) is 11.5 Å². The van der Waals surface area contributed by atoms with E-state index >= 15 is 0 Å². The van der Waals surface area contributed by atoms with E-state index in [4.69, 9.17) is 21.2 Å². The average molecular weight is 590 g/mol. The maximum Gasteiger partial charge on any atom is 0.451 e. The zero-order valence-corrected chi connectivity index (χ0v) is 23.9. The number of anilines is 2. The predicted molar refractivity (Wildman–Crippen MR) is 163 cm³/mol. The fourth-order valence-corrected chi connectivity index (χ4v) is 4.83. The lowest BCUT2D eigenvalue weighted by atomic mass is 10.1. The molecular formula is C32H34F3N7O. The van der Waals surface area contributed by atoms with E-state index in [9.17, 15) is 13.2 Å². The third-order valence-electron chi connectivity index (χ3n) is 7.14. The monoisotopic (exact) mass is 589 g/mol. The van der Waals surface area contributed by atoms with Crippen LogP contribution < -0.4 is 16.8 Å². The predicted octanol–water partition coefficient (Wildman–Crippen LogP) is 5.82. The second-order valence-electron chi connectivity index (χ2n) is 10.4. The number of rotatable bonds is 9. The van der Waals surface area contributed by atoms with Gasteiger partial charge in [-0.3, -0.25) is 4.90 Å². The number of allylic oxidation sites excluding steroid dienone is 5. The molecule has 0 spiro atoms. The van der Waals surface area contributed by atoms with E-state index in [0.29, 0.717) is 28.3 Å². The first-order valence-corrected chi connectivity index (χ1v) is 14.0. The summed E-state index contributed by atoms with van der Waals surface area (Å²) < 4.78 is 45.9. The van der Waals surface area contributed by atoms with Crippen molar-refractivity contribution in [1.82, 2.24) is 25.2 Å². The zero-order valence-electron chi connectivity index (χ0n) is 23.9. The van der Waals surface area contributed by atoms with Crippen molar-refractivity contribution in [2.24, 2.45) is 0 Å². The standard InChI is InChI=1S/C32H34F3N7O/c1-3-5-23(27-18-28(37)41-31(40-27)32(33,34)35)25(4-2)38-29(22-10-11-22)30-24(36)12-13-26(39-30)21-8-6-20(7-9-21)19-42-14-16-43-17-15-42/h3-9,12-13,18,38H,2,10-11,14-17,19,36H2,1H3,(H2,37,40,41)/b5-3-,25-23-. The first-order valence-electron chi connectivity index (χ1n) is 14.0. The maximum absolute atomic E-state index is 13.5. The molecule has 3 aromatic rings. The Morgan fingerprint density at radius 3 is 2.40 bits per heavy atom. The lowest BCUT2D eigenvalue weighted by Crippen LogP contribution is -2.35. The second-order valence-corrected chi connectivity index (χ2v) is 10.4. The van der Waals surface area contributed by atoms with Crippen LogP contribution in [-0.4, -0.2) is 46.2 Å². The van der Waals surface area contributed by atoms with E-state index in [1.807, 2.05) is 24.3 Å². The summed E-state index contributed by atoms with van der Waals surface area (Å²) in [6, 6.07) is 13.3. The number of morpholine rings is 1. The normalized spacial score (nSPS) is 16.2. The fourth-order valence-electron chi connectivity index (χ4n) is 4.83. The Kier molecular flexibility index (Phi) is 8.93. The topological polar surface area (TPSA) is 115 Å². The van der Waals surface area contributed by atoms with Crippen molar-refractivity contribution in [3.05, 3.63) is 101 Å². The van der Waals surface area contributed by atoms with Crippen LogP contribution in [0.2, 0.25) is 0 Å². The molecule has 2 aromatic heterocycles. The minimum absolute atomic E-state index is 0.00678. The van der Waals surface area contributed by atoms with Crippen LogP contribution in [0, 0.1) is 0 Å². The molecule has 2 fully saturated rings. The van der Waals surface area contributed by atoms with E-state index < -0.39 is 12.0 Å². The van der Waals surface area contributed by atoms with Crippen molar-refractivity contribution in [3.63, 3.8) is 0 Å². The van der Waals surface area contributed by atoms with Gasteiger partial charge >= 0.3 is 6.18 Å². The third kappa shape index (κ3) is 7.30. The highest BCUT2D eigenvalue weighted by Crippen LogP contribution is 2.38. The quantitative estimate of drug-likeness (QED) is 0.268. The number of pyridine rings is 1. The zero-order chi connectivity index (χ0) is 30.6. The number of benzene rings is 1. The highest BCUT2D eigenvalue weighted by molar-refractivity contribution is 5.83. The minimum Gasteiger partial charge on any atom is -0.397 e. The first kappa shape index (κ1) is 30.0. The molecule has 11 heteroatoms. The van der Waals surface area contributed by atoms with Gasteiger partial charge in [0, 0.05) is 42.5 Å². The largest absolute Gasteiger partial charge is 0.451 e. The molecule has 0 atom stereocenters. The summed E-state index contributed by atoms with van der Waals surface area (Å²) in [4.78, 5) is 14.4. The van der Waals surface area contributed by atoms with E-state index in [2.05, 4.69) is 38.9 Å². The molecule has 0 amide bonds. The number of hydrogen-bond acceptors (Lipinski definition) is 8. The summed E-state index contributed by atoms with van der Waals surface area (Å²) >= 11 is 0. The van der Waals surface area contributed by atoms with Crippen LogP contribution >= 0.6 is 0 Å². The highest BCUT2D eigenvalue weighted by atomic mass is 19.4. The van der Waals surface area contributed by atoms with Gasteiger partial charge in [-0.15, -0.1) is 0 Å². The number of nitrogens with two attached hydrogens (primary N) is 2. The summed E-state index contributed by atoms with van der Waals surface area (Å²) in [5, 5.41) is 3.37. The van der Waals surface area contributed by atoms with Crippen molar-refractivity contribution < 1.29 is 17.9 Å². The molecule has 224 valence electrons. The van der Waals surface area contributed by atoms with Crippen molar-refractivity contribution in [1.29, 1.82) is 0 Å². The van der Waals surface area contributed by atoms with Gasteiger partial charge in [-0.2, -0.15) is 13.2 Å². The van der Waals surface area contributed by atoms with Gasteiger partial charge < -0.3 is 21.5 Å². The SMILES string of the molecule is C=C/C(NC(=C1CC1)c1nc(-c2ccc(CN3CCOCC3)cc2)ccc1N)=C(\C=C/C)c1cc(N)nc(C(F)(F)F)n1. The van der Waals surface area contributed by atoms with Crippen molar-refractivity contribution in [2.45, 2.75) is 32.5 Å². The van der Waals surface area contributed by atoms with E-state index in [0.717, 1.165) is 62.5 Å². The van der Waals surface area contributed by atoms with Gasteiger partial charge in [-0.1, -0.05) is 43.0 Å². The van der Waals surface area contributed by atoms with Crippen LogP contribution in [0.5, 0.6) is 0 Å². The van der Waals surface area contributed by atoms with Crippen molar-refractivity contribution in [3.8, 4) is 11.3 Å². The summed E-state index contributed by atoms with van der Waals surface area (Å²) in [5.74, 6) is -1.61. The van der Waals surface area contributed by atoms with Crippen molar-refractivity contribution >= 4 is 22.8 Å². The summed E-state index contributed by atoms with van der Waals surface area (Å²) in [6.07, 6.45) is 1.79. The highest BCUT2D eigenvalue weighted by Gasteiger charge is 2.35. The van der Waals surface area contributed by atoms with Gasteiger partial charge in [0.1, 0.15) is 11.5 Å². The number of nitrogens with one attached hydrogen (secondary N) is 1. The van der Waals surface area contributed by atoms with Crippen LogP contribution in [0.4, 0.5) is 24.7 Å². The second kappa shape index (κ2) is 12.8. The molecule has 1 aliphatic heterocycles. The van der Waals surface area contributed by atoms with E-state index in [1.54, 1.807) is 19.1 Å². The number of halogens is 3. The Balaban J connectivity index is 1.48. The molecule has 0 bridgehead atoms. The summed E-state index contributed by atoms with van der Waals surface area (Å²) in [7, 11) is 0. The van der Waals surface area contributed by atoms with Gasteiger partial charge in [-0.25, -0.2) is 15.0 Å². The molecule has 1 aromatic carbocycles. The molecule has 1 aliphatic carbocycles. The Morgan fingerprint density at radius 2 is 1.77 bits per heavy atom. The Labute approximate surface area is 248 Å². The molecule has 0 unspecified atom stereocenters. The molecule has 2 aliphatic rings. The van der Waals surface area contributed by atoms with Crippen LogP contribution in [0.15, 0.2) is 78.5 Å². The molecule has 0 radical (unpaired) electrons. The lowest BCUT2D eigenvalue weighted by Gasteiger charge is -2.26. The molecule has 1 saturated heterocycles. The number of alkyl halides is 3. The molecule has 3 heterocycles. The van der Waals surface area contributed by atoms with Crippen LogP contribution in [-0.2, 0) is 17.5 Å². The van der Waals surface area contributed by atoms with Gasteiger partial charge in [0.2, 0.25) is 5.82 Å². The van der Waals surface area contributed by atoms with Crippen molar-refractivity contribution in [2.75, 3.05) is 37.8 Å². The molecule has 43 heavy (non-hydrogen) atoms. The molecule has 8 nitrogen and oxygen atoms in total. The summed E-state index contributed by atoms with van der Waals surface area (Å²) in [6.45, 7) is 9.86. The average Bonchev–Trinajstić information content (AvgIpc) is 3.83. The molecule has 5 N–H and O–H groups in total. The van der Waals surface area contributed by atoms with Crippen LogP contribution in [0.3, 0.4) is 0 Å². The third-order valence-corrected chi connectivity index (χ3v) is 7.14. The van der Waals surface area contributed by atoms with Crippen LogP contribution in [0.25, 0.3) is 22.5 Å². The van der Waals surface area contributed by atoms with Gasteiger partial charge in [0.25, 0.3) is 0 Å². The molecular weight excluding hydrogens is 555 g/mol. The molecule has 5 rings (SSSR count). The van der Waals surface area contributed by atoms with Gasteiger partial charge in [0.05, 0.1) is 36.0 Å². The molecule has 1 saturated carbocycles.